The van der Waals surface area contributed by atoms with Crippen molar-refractivity contribution in [1.29, 1.82) is 0 Å². The summed E-state index contributed by atoms with van der Waals surface area (Å²) in [5.41, 5.74) is 4.60. The molecular weight excluding hydrogens is 206 g/mol. The van der Waals surface area contributed by atoms with Crippen LogP contribution in [0.5, 0.6) is 0 Å². The molecule has 5 heteroatoms. The van der Waals surface area contributed by atoms with Crippen LogP contribution < -0.4 is 5.73 Å². The van der Waals surface area contributed by atoms with Crippen LogP contribution in [0.15, 0.2) is 0 Å². The second-order valence-corrected chi connectivity index (χ2v) is 3.83. The Labute approximate surface area is 90.6 Å². The number of Topliss-reactive ketones (excluding diaryl/α,β-unsaturated/α-hetero) is 1. The van der Waals surface area contributed by atoms with E-state index in [0.717, 1.165) is 0 Å². The molecule has 0 bridgehead atoms. The number of esters is 1. The minimum atomic E-state index is -0.483. The molecule has 14 heavy (non-hydrogen) atoms. The van der Waals surface area contributed by atoms with Gasteiger partial charge in [0.25, 0.3) is 0 Å². The van der Waals surface area contributed by atoms with Gasteiger partial charge in [-0.25, -0.2) is 0 Å². The first-order chi connectivity index (χ1) is 5.85. The Morgan fingerprint density at radius 2 is 1.71 bits per heavy atom. The smallest absolute Gasteiger partial charge is 0.306 e. The number of rotatable bonds is 4. The molecule has 0 amide bonds. The van der Waals surface area contributed by atoms with Gasteiger partial charge in [0.15, 0.2) is 0 Å². The summed E-state index contributed by atoms with van der Waals surface area (Å²) in [7, 11) is 0. The van der Waals surface area contributed by atoms with Gasteiger partial charge in [0.2, 0.25) is 0 Å². The molecule has 0 saturated carbocycles. The van der Waals surface area contributed by atoms with Crippen LogP contribution in [-0.4, -0.2) is 23.9 Å². The van der Waals surface area contributed by atoms with Crippen LogP contribution in [0.25, 0.3) is 0 Å². The van der Waals surface area contributed by atoms with Crippen molar-refractivity contribution in [2.45, 2.75) is 39.2 Å². The zero-order valence-corrected chi connectivity index (χ0v) is 9.65. The van der Waals surface area contributed by atoms with Gasteiger partial charge in [-0.2, -0.15) is 0 Å². The van der Waals surface area contributed by atoms with Crippen molar-refractivity contribution in [3.8, 4) is 0 Å². The van der Waals surface area contributed by atoms with Crippen LogP contribution in [-0.2, 0) is 14.3 Å². The zero-order chi connectivity index (χ0) is 10.5. The molecule has 0 atom stereocenters. The van der Waals surface area contributed by atoms with Gasteiger partial charge < -0.3 is 10.5 Å². The fourth-order valence-corrected chi connectivity index (χ4v) is 0.736. The first kappa shape index (κ1) is 15.8. The topological polar surface area (TPSA) is 69.4 Å². The second kappa shape index (κ2) is 6.79. The van der Waals surface area contributed by atoms with Crippen LogP contribution >= 0.6 is 12.4 Å². The number of ether oxygens (including phenoxy) is 1. The number of carbonyl (C=O) groups excluding carboxylic acids is 2. The number of hydrogen-bond acceptors (Lipinski definition) is 4. The Morgan fingerprint density at radius 3 is 2.07 bits per heavy atom. The van der Waals surface area contributed by atoms with E-state index in [1.807, 2.05) is 0 Å². The van der Waals surface area contributed by atoms with Crippen molar-refractivity contribution in [3.63, 3.8) is 0 Å². The highest BCUT2D eigenvalue weighted by Gasteiger charge is 2.16. The monoisotopic (exact) mass is 223 g/mol. The van der Waals surface area contributed by atoms with Gasteiger partial charge in [0.1, 0.15) is 11.4 Å². The fraction of sp³-hybridized carbons (Fsp3) is 0.778. The molecule has 0 fully saturated rings. The first-order valence-corrected chi connectivity index (χ1v) is 4.29. The summed E-state index contributed by atoms with van der Waals surface area (Å²) in [4.78, 5) is 21.8. The molecule has 0 aliphatic carbocycles. The first-order valence-electron chi connectivity index (χ1n) is 4.29. The summed E-state index contributed by atoms with van der Waals surface area (Å²) in [5.74, 6) is -0.472. The molecule has 4 nitrogen and oxygen atoms in total. The molecule has 0 radical (unpaired) electrons. The molecule has 0 aromatic rings. The third kappa shape index (κ3) is 9.48. The molecule has 0 aliphatic rings. The molecule has 0 unspecified atom stereocenters. The van der Waals surface area contributed by atoms with E-state index in [0.29, 0.717) is 0 Å². The molecule has 0 aromatic heterocycles. The van der Waals surface area contributed by atoms with E-state index in [1.54, 1.807) is 20.8 Å². The van der Waals surface area contributed by atoms with Gasteiger partial charge in [-0.3, -0.25) is 9.59 Å². The third-order valence-electron chi connectivity index (χ3n) is 1.26. The van der Waals surface area contributed by atoms with E-state index in [1.165, 1.54) is 0 Å². The van der Waals surface area contributed by atoms with E-state index in [9.17, 15) is 9.59 Å². The Balaban J connectivity index is 0. The summed E-state index contributed by atoms with van der Waals surface area (Å²) >= 11 is 0. The number of nitrogens with two attached hydrogens (primary N) is 1. The maximum absolute atomic E-state index is 11.1. The lowest BCUT2D eigenvalue weighted by Gasteiger charge is -2.19. The highest BCUT2D eigenvalue weighted by Crippen LogP contribution is 2.08. The van der Waals surface area contributed by atoms with Crippen molar-refractivity contribution in [3.05, 3.63) is 0 Å². The minimum absolute atomic E-state index is 0. The van der Waals surface area contributed by atoms with E-state index in [-0.39, 0.29) is 43.5 Å². The van der Waals surface area contributed by atoms with Gasteiger partial charge >= 0.3 is 5.97 Å². The quantitative estimate of drug-likeness (QED) is 0.724. The maximum Gasteiger partial charge on any atom is 0.306 e. The van der Waals surface area contributed by atoms with Crippen LogP contribution in [0, 0.1) is 0 Å². The number of ketones is 1. The predicted octanol–water partition coefficient (Wildman–Crippen LogP) is 1.06. The lowest BCUT2D eigenvalue weighted by Crippen LogP contribution is -2.24. The van der Waals surface area contributed by atoms with E-state index in [4.69, 9.17) is 10.5 Å². The fourth-order valence-electron chi connectivity index (χ4n) is 0.736. The van der Waals surface area contributed by atoms with Crippen molar-refractivity contribution in [2.24, 2.45) is 5.73 Å². The number of halogens is 1. The lowest BCUT2D eigenvalue weighted by atomic mass is 10.2. The summed E-state index contributed by atoms with van der Waals surface area (Å²) in [6, 6.07) is 0. The summed E-state index contributed by atoms with van der Waals surface area (Å²) < 4.78 is 5.00. The SMILES string of the molecule is CC(C)(C)OC(=O)CCC(=O)CN.Cl. The largest absolute Gasteiger partial charge is 0.460 e. The Kier molecular flexibility index (Phi) is 7.68. The van der Waals surface area contributed by atoms with Gasteiger partial charge in [0, 0.05) is 6.42 Å². The Hall–Kier alpha value is -0.610. The molecule has 0 heterocycles. The summed E-state index contributed by atoms with van der Waals surface area (Å²) in [6.07, 6.45) is 0.290. The minimum Gasteiger partial charge on any atom is -0.460 e. The molecule has 0 spiro atoms. The molecule has 0 rings (SSSR count). The molecule has 0 saturated heterocycles. The van der Waals surface area contributed by atoms with Crippen LogP contribution in [0.2, 0.25) is 0 Å². The normalized spacial score (nSPS) is 10.3. The number of hydrogen-bond donors (Lipinski definition) is 1. The average Bonchev–Trinajstić information content (AvgIpc) is 1.97. The zero-order valence-electron chi connectivity index (χ0n) is 8.83. The lowest BCUT2D eigenvalue weighted by molar-refractivity contribution is -0.155. The van der Waals surface area contributed by atoms with Crippen LogP contribution in [0.3, 0.4) is 0 Å². The van der Waals surface area contributed by atoms with Crippen molar-refractivity contribution in [1.82, 2.24) is 0 Å². The van der Waals surface area contributed by atoms with Crippen LogP contribution in [0.4, 0.5) is 0 Å². The highest BCUT2D eigenvalue weighted by molar-refractivity contribution is 5.85. The highest BCUT2D eigenvalue weighted by atomic mass is 35.5. The van der Waals surface area contributed by atoms with E-state index >= 15 is 0 Å². The van der Waals surface area contributed by atoms with Gasteiger partial charge in [-0.05, 0) is 20.8 Å². The Morgan fingerprint density at radius 1 is 1.21 bits per heavy atom. The molecular formula is C9H18ClNO3. The maximum atomic E-state index is 11.1. The van der Waals surface area contributed by atoms with Crippen LogP contribution in [0.1, 0.15) is 33.6 Å². The van der Waals surface area contributed by atoms with Gasteiger partial charge in [-0.15, -0.1) is 12.4 Å². The standard InChI is InChI=1S/C9H17NO3.ClH/c1-9(2,3)13-8(12)5-4-7(11)6-10;/h4-6,10H2,1-3H3;1H. The van der Waals surface area contributed by atoms with Gasteiger partial charge in [-0.1, -0.05) is 0 Å². The Bertz CT molecular complexity index is 199. The molecule has 84 valence electrons. The number of carbonyl (C=O) groups is 2. The van der Waals surface area contributed by atoms with Gasteiger partial charge in [0.05, 0.1) is 13.0 Å². The molecule has 0 aliphatic heterocycles. The molecule has 0 aromatic carbocycles. The van der Waals surface area contributed by atoms with Crippen molar-refractivity contribution < 1.29 is 14.3 Å². The summed E-state index contributed by atoms with van der Waals surface area (Å²) in [5, 5.41) is 0. The van der Waals surface area contributed by atoms with E-state index in [2.05, 4.69) is 0 Å². The van der Waals surface area contributed by atoms with Crippen molar-refractivity contribution in [2.75, 3.05) is 6.54 Å². The van der Waals surface area contributed by atoms with E-state index < -0.39 is 5.60 Å². The summed E-state index contributed by atoms with van der Waals surface area (Å²) in [6.45, 7) is 5.35. The van der Waals surface area contributed by atoms with Crippen molar-refractivity contribution >= 4 is 24.2 Å². The predicted molar refractivity (Wildman–Crippen MR) is 56.4 cm³/mol. The third-order valence-corrected chi connectivity index (χ3v) is 1.26. The second-order valence-electron chi connectivity index (χ2n) is 3.83. The molecule has 2 N–H and O–H groups in total. The average molecular weight is 224 g/mol.